The van der Waals surface area contributed by atoms with E-state index in [4.69, 9.17) is 4.42 Å². The summed E-state index contributed by atoms with van der Waals surface area (Å²) >= 11 is 0. The molecular formula is C14H22N6O. The standard InChI is InChI=1S/C14H22N6O/c1-10-15-11(2)20(18-10)8-13-6-4-5-7-19(13)9-14-17-16-12(3)21-14/h13H,4-9H2,1-3H3/t13-/m0/s1. The van der Waals surface area contributed by atoms with E-state index in [1.54, 1.807) is 0 Å². The SMILES string of the molecule is Cc1nc(C)n(C[C@@H]2CCCCN2Cc2nnc(C)o2)n1. The highest BCUT2D eigenvalue weighted by atomic mass is 16.4. The maximum atomic E-state index is 5.51. The van der Waals surface area contributed by atoms with Crippen LogP contribution in [0.15, 0.2) is 4.42 Å². The highest BCUT2D eigenvalue weighted by Gasteiger charge is 2.25. The zero-order chi connectivity index (χ0) is 14.8. The minimum Gasteiger partial charge on any atom is -0.424 e. The smallest absolute Gasteiger partial charge is 0.230 e. The summed E-state index contributed by atoms with van der Waals surface area (Å²) in [7, 11) is 0. The van der Waals surface area contributed by atoms with E-state index >= 15 is 0 Å². The van der Waals surface area contributed by atoms with Crippen LogP contribution in [-0.2, 0) is 13.1 Å². The fourth-order valence-corrected chi connectivity index (χ4v) is 2.98. The highest BCUT2D eigenvalue weighted by Crippen LogP contribution is 2.21. The molecule has 1 atom stereocenters. The van der Waals surface area contributed by atoms with Gasteiger partial charge in [-0.3, -0.25) is 4.90 Å². The molecule has 0 aromatic carbocycles. The molecule has 0 aliphatic carbocycles. The first-order valence-electron chi connectivity index (χ1n) is 7.53. The molecule has 0 saturated carbocycles. The Morgan fingerprint density at radius 1 is 1.19 bits per heavy atom. The number of aryl methyl sites for hydroxylation is 3. The monoisotopic (exact) mass is 290 g/mol. The summed E-state index contributed by atoms with van der Waals surface area (Å²) in [4.78, 5) is 6.80. The second kappa shape index (κ2) is 5.93. The van der Waals surface area contributed by atoms with Crippen LogP contribution in [-0.4, -0.2) is 42.4 Å². The quantitative estimate of drug-likeness (QED) is 0.852. The molecule has 0 unspecified atom stereocenters. The molecule has 114 valence electrons. The Hall–Kier alpha value is -1.76. The lowest BCUT2D eigenvalue weighted by atomic mass is 10.0. The van der Waals surface area contributed by atoms with Crippen LogP contribution >= 0.6 is 0 Å². The second-order valence-corrected chi connectivity index (χ2v) is 5.72. The largest absolute Gasteiger partial charge is 0.424 e. The second-order valence-electron chi connectivity index (χ2n) is 5.72. The van der Waals surface area contributed by atoms with Gasteiger partial charge in [-0.25, -0.2) is 9.67 Å². The molecule has 1 fully saturated rings. The maximum Gasteiger partial charge on any atom is 0.230 e. The van der Waals surface area contributed by atoms with E-state index in [0.717, 1.165) is 31.3 Å². The van der Waals surface area contributed by atoms with Crippen molar-refractivity contribution in [2.24, 2.45) is 0 Å². The Morgan fingerprint density at radius 2 is 2.05 bits per heavy atom. The number of piperidine rings is 1. The fraction of sp³-hybridized carbons (Fsp3) is 0.714. The molecule has 0 amide bonds. The van der Waals surface area contributed by atoms with E-state index in [-0.39, 0.29) is 0 Å². The van der Waals surface area contributed by atoms with E-state index in [0.29, 0.717) is 17.8 Å². The number of rotatable bonds is 4. The summed E-state index contributed by atoms with van der Waals surface area (Å²) < 4.78 is 7.53. The van der Waals surface area contributed by atoms with Gasteiger partial charge in [0.2, 0.25) is 11.8 Å². The lowest BCUT2D eigenvalue weighted by Gasteiger charge is -2.34. The molecule has 21 heavy (non-hydrogen) atoms. The van der Waals surface area contributed by atoms with Crippen LogP contribution in [0.5, 0.6) is 0 Å². The number of aromatic nitrogens is 5. The predicted molar refractivity (Wildman–Crippen MR) is 76.6 cm³/mol. The molecule has 2 aromatic rings. The molecule has 0 bridgehead atoms. The van der Waals surface area contributed by atoms with Gasteiger partial charge in [-0.15, -0.1) is 10.2 Å². The van der Waals surface area contributed by atoms with E-state index in [2.05, 4.69) is 25.2 Å². The molecule has 0 N–H and O–H groups in total. The van der Waals surface area contributed by atoms with Gasteiger partial charge in [0.15, 0.2) is 0 Å². The van der Waals surface area contributed by atoms with Crippen molar-refractivity contribution < 1.29 is 4.42 Å². The van der Waals surface area contributed by atoms with Gasteiger partial charge in [0, 0.05) is 13.0 Å². The molecule has 7 heteroatoms. The molecule has 3 rings (SSSR count). The first kappa shape index (κ1) is 14.2. The van der Waals surface area contributed by atoms with E-state index in [9.17, 15) is 0 Å². The summed E-state index contributed by atoms with van der Waals surface area (Å²) in [5.74, 6) is 3.14. The number of nitrogens with zero attached hydrogens (tertiary/aromatic N) is 6. The van der Waals surface area contributed by atoms with Gasteiger partial charge >= 0.3 is 0 Å². The van der Waals surface area contributed by atoms with Crippen LogP contribution in [0.2, 0.25) is 0 Å². The van der Waals surface area contributed by atoms with Gasteiger partial charge < -0.3 is 4.42 Å². The van der Waals surface area contributed by atoms with Crippen molar-refractivity contribution in [3.8, 4) is 0 Å². The number of likely N-dealkylation sites (tertiary alicyclic amines) is 1. The van der Waals surface area contributed by atoms with Crippen molar-refractivity contribution in [2.45, 2.75) is 59.2 Å². The zero-order valence-electron chi connectivity index (χ0n) is 12.9. The Morgan fingerprint density at radius 3 is 2.71 bits per heavy atom. The molecule has 1 saturated heterocycles. The topological polar surface area (TPSA) is 72.9 Å². The average Bonchev–Trinajstić information content (AvgIpc) is 2.98. The van der Waals surface area contributed by atoms with Crippen molar-refractivity contribution in [1.29, 1.82) is 0 Å². The molecule has 7 nitrogen and oxygen atoms in total. The number of hydrogen-bond acceptors (Lipinski definition) is 6. The highest BCUT2D eigenvalue weighted by molar-refractivity contribution is 4.90. The van der Waals surface area contributed by atoms with Gasteiger partial charge in [0.25, 0.3) is 0 Å². The minimum absolute atomic E-state index is 0.450. The molecule has 1 aliphatic rings. The summed E-state index contributed by atoms with van der Waals surface area (Å²) in [6.07, 6.45) is 3.65. The first-order valence-corrected chi connectivity index (χ1v) is 7.53. The van der Waals surface area contributed by atoms with Gasteiger partial charge in [0.05, 0.1) is 13.1 Å². The summed E-state index contributed by atoms with van der Waals surface area (Å²) in [6, 6.07) is 0.450. The van der Waals surface area contributed by atoms with E-state index in [1.165, 1.54) is 19.3 Å². The summed E-state index contributed by atoms with van der Waals surface area (Å²) in [5.41, 5.74) is 0. The molecular weight excluding hydrogens is 268 g/mol. The van der Waals surface area contributed by atoms with Gasteiger partial charge in [-0.05, 0) is 33.2 Å². The van der Waals surface area contributed by atoms with Crippen molar-refractivity contribution in [3.63, 3.8) is 0 Å². The van der Waals surface area contributed by atoms with Crippen LogP contribution in [0.3, 0.4) is 0 Å². The molecule has 3 heterocycles. The normalized spacial score (nSPS) is 20.0. The van der Waals surface area contributed by atoms with Crippen molar-refractivity contribution >= 4 is 0 Å². The van der Waals surface area contributed by atoms with E-state index in [1.807, 2.05) is 25.5 Å². The maximum absolute atomic E-state index is 5.51. The Kier molecular flexibility index (Phi) is 4.01. The summed E-state index contributed by atoms with van der Waals surface area (Å²) in [5, 5.41) is 12.5. The van der Waals surface area contributed by atoms with E-state index < -0.39 is 0 Å². The van der Waals surface area contributed by atoms with Crippen LogP contribution < -0.4 is 0 Å². The minimum atomic E-state index is 0.450. The van der Waals surface area contributed by atoms with Gasteiger partial charge in [-0.2, -0.15) is 5.10 Å². The predicted octanol–water partition coefficient (Wildman–Crippen LogP) is 1.64. The van der Waals surface area contributed by atoms with Gasteiger partial charge in [-0.1, -0.05) is 6.42 Å². The van der Waals surface area contributed by atoms with Crippen LogP contribution in [0.25, 0.3) is 0 Å². The molecule has 0 radical (unpaired) electrons. The lowest BCUT2D eigenvalue weighted by molar-refractivity contribution is 0.110. The third-order valence-electron chi connectivity index (χ3n) is 4.00. The van der Waals surface area contributed by atoms with Gasteiger partial charge in [0.1, 0.15) is 11.6 Å². The Labute approximate surface area is 124 Å². The zero-order valence-corrected chi connectivity index (χ0v) is 12.9. The van der Waals surface area contributed by atoms with Crippen LogP contribution in [0.4, 0.5) is 0 Å². The third kappa shape index (κ3) is 3.29. The lowest BCUT2D eigenvalue weighted by Crippen LogP contribution is -2.42. The summed E-state index contributed by atoms with van der Waals surface area (Å²) in [6.45, 7) is 8.43. The number of hydrogen-bond donors (Lipinski definition) is 0. The van der Waals surface area contributed by atoms with Crippen LogP contribution in [0.1, 0.15) is 42.7 Å². The average molecular weight is 290 g/mol. The van der Waals surface area contributed by atoms with Crippen molar-refractivity contribution in [3.05, 3.63) is 23.4 Å². The Bertz CT molecular complexity index is 604. The fourth-order valence-electron chi connectivity index (χ4n) is 2.98. The third-order valence-corrected chi connectivity index (χ3v) is 4.00. The first-order chi connectivity index (χ1) is 10.1. The van der Waals surface area contributed by atoms with Crippen molar-refractivity contribution in [1.82, 2.24) is 29.9 Å². The molecule has 0 spiro atoms. The van der Waals surface area contributed by atoms with Crippen molar-refractivity contribution in [2.75, 3.05) is 6.54 Å². The molecule has 2 aromatic heterocycles. The molecule has 1 aliphatic heterocycles. The Balaban J connectivity index is 1.70. The van der Waals surface area contributed by atoms with Crippen LogP contribution in [0, 0.1) is 20.8 Å².